The van der Waals surface area contributed by atoms with Gasteiger partial charge in [-0.3, -0.25) is 4.79 Å². The van der Waals surface area contributed by atoms with Crippen LogP contribution in [0.4, 0.5) is 0 Å². The molecule has 0 N–H and O–H groups in total. The van der Waals surface area contributed by atoms with E-state index in [0.717, 1.165) is 6.42 Å². The largest absolute Gasteiger partial charge is 0.291 e. The maximum atomic E-state index is 12.0. The van der Waals surface area contributed by atoms with Crippen molar-refractivity contribution in [3.8, 4) is 0 Å². The molecule has 1 aromatic heterocycles. The lowest BCUT2D eigenvalue weighted by Gasteiger charge is -2.23. The predicted octanol–water partition coefficient (Wildman–Crippen LogP) is 3.40. The summed E-state index contributed by atoms with van der Waals surface area (Å²) < 4.78 is 0. The first kappa shape index (κ1) is 11.4. The van der Waals surface area contributed by atoms with Crippen molar-refractivity contribution in [2.45, 2.75) is 34.1 Å². The molecule has 0 atom stereocenters. The molecule has 0 bridgehead atoms. The Balaban J connectivity index is 2.78. The predicted molar refractivity (Wildman–Crippen MR) is 59.7 cm³/mol. The summed E-state index contributed by atoms with van der Waals surface area (Å²) in [6.45, 7) is 8.27. The molecule has 0 aliphatic heterocycles. The highest BCUT2D eigenvalue weighted by molar-refractivity contribution is 7.11. The van der Waals surface area contributed by atoms with Gasteiger partial charge in [0.05, 0.1) is 0 Å². The molecule has 1 aromatic rings. The second-order valence-electron chi connectivity index (χ2n) is 4.65. The zero-order valence-electron chi connectivity index (χ0n) is 9.20. The van der Waals surface area contributed by atoms with Gasteiger partial charge in [0, 0.05) is 17.0 Å². The van der Waals surface area contributed by atoms with Gasteiger partial charge in [-0.1, -0.05) is 27.7 Å². The second kappa shape index (κ2) is 4.22. The fraction of sp³-hybridized carbons (Fsp3) is 0.636. The summed E-state index contributed by atoms with van der Waals surface area (Å²) in [4.78, 5) is 16.1. The third-order valence-electron chi connectivity index (χ3n) is 2.16. The zero-order chi connectivity index (χ0) is 10.8. The van der Waals surface area contributed by atoms with Crippen LogP contribution >= 0.6 is 11.3 Å². The molecule has 0 spiro atoms. The summed E-state index contributed by atoms with van der Waals surface area (Å²) in [6, 6.07) is 0. The van der Waals surface area contributed by atoms with Gasteiger partial charge in [0.1, 0.15) is 0 Å². The summed E-state index contributed by atoms with van der Waals surface area (Å²) >= 11 is 1.42. The van der Waals surface area contributed by atoms with E-state index < -0.39 is 0 Å². The molecular formula is C11H17NOS. The Morgan fingerprint density at radius 1 is 1.57 bits per heavy atom. The van der Waals surface area contributed by atoms with E-state index in [0.29, 0.717) is 10.9 Å². The average molecular weight is 211 g/mol. The molecule has 0 aliphatic rings. The molecule has 0 saturated heterocycles. The third-order valence-corrected chi connectivity index (χ3v) is 2.93. The lowest BCUT2D eigenvalue weighted by atomic mass is 9.80. The van der Waals surface area contributed by atoms with Crippen LogP contribution in [0.5, 0.6) is 0 Å². The number of rotatable bonds is 4. The highest BCUT2D eigenvalue weighted by atomic mass is 32.1. The van der Waals surface area contributed by atoms with Crippen molar-refractivity contribution in [2.75, 3.05) is 0 Å². The Labute approximate surface area is 89.4 Å². The minimum atomic E-state index is -0.286. The summed E-state index contributed by atoms with van der Waals surface area (Å²) in [5.41, 5.74) is -0.286. The number of Topliss-reactive ketones (excluding diaryl/α,β-unsaturated/α-hetero) is 1. The molecule has 0 aromatic carbocycles. The molecule has 0 amide bonds. The van der Waals surface area contributed by atoms with Crippen molar-refractivity contribution >= 4 is 17.1 Å². The normalized spacial score (nSPS) is 12.1. The van der Waals surface area contributed by atoms with E-state index in [1.54, 1.807) is 6.20 Å². The number of carbonyl (C=O) groups excluding carboxylic acids is 1. The Morgan fingerprint density at radius 2 is 2.21 bits per heavy atom. The third kappa shape index (κ3) is 2.64. The highest BCUT2D eigenvalue weighted by Crippen LogP contribution is 2.30. The van der Waals surface area contributed by atoms with E-state index in [1.807, 2.05) is 19.2 Å². The van der Waals surface area contributed by atoms with Gasteiger partial charge in [0.2, 0.25) is 0 Å². The number of hydrogen-bond acceptors (Lipinski definition) is 3. The van der Waals surface area contributed by atoms with Crippen LogP contribution in [0.15, 0.2) is 11.6 Å². The molecular weight excluding hydrogens is 194 g/mol. The van der Waals surface area contributed by atoms with Gasteiger partial charge in [-0.15, -0.1) is 11.3 Å². The van der Waals surface area contributed by atoms with Crippen molar-refractivity contribution in [3.63, 3.8) is 0 Å². The van der Waals surface area contributed by atoms with Crippen molar-refractivity contribution in [3.05, 3.63) is 16.6 Å². The molecule has 0 aliphatic carbocycles. The van der Waals surface area contributed by atoms with Crippen LogP contribution < -0.4 is 0 Å². The molecule has 3 heteroatoms. The van der Waals surface area contributed by atoms with Gasteiger partial charge in [-0.2, -0.15) is 0 Å². The Bertz CT molecular complexity index is 301. The smallest absolute Gasteiger partial charge is 0.196 e. The van der Waals surface area contributed by atoms with Gasteiger partial charge >= 0.3 is 0 Å². The standard InChI is InChI=1S/C11H17NOS/c1-8(2)7-11(3,4)9(13)10-12-5-6-14-10/h5-6,8H,7H2,1-4H3. The topological polar surface area (TPSA) is 30.0 Å². The van der Waals surface area contributed by atoms with Gasteiger partial charge in [-0.25, -0.2) is 4.98 Å². The maximum Gasteiger partial charge on any atom is 0.196 e. The minimum absolute atomic E-state index is 0.168. The molecule has 78 valence electrons. The Hall–Kier alpha value is -0.700. The Morgan fingerprint density at radius 3 is 2.64 bits per heavy atom. The molecule has 1 rings (SSSR count). The van der Waals surface area contributed by atoms with Gasteiger partial charge in [0.15, 0.2) is 10.8 Å². The van der Waals surface area contributed by atoms with Gasteiger partial charge < -0.3 is 0 Å². The van der Waals surface area contributed by atoms with Crippen molar-refractivity contribution < 1.29 is 4.79 Å². The Kier molecular flexibility index (Phi) is 3.43. The highest BCUT2D eigenvalue weighted by Gasteiger charge is 2.30. The van der Waals surface area contributed by atoms with E-state index in [2.05, 4.69) is 18.8 Å². The van der Waals surface area contributed by atoms with Gasteiger partial charge in [-0.05, 0) is 12.3 Å². The molecule has 0 radical (unpaired) electrons. The van der Waals surface area contributed by atoms with Crippen LogP contribution in [0.25, 0.3) is 0 Å². The number of carbonyl (C=O) groups is 1. The first-order valence-electron chi connectivity index (χ1n) is 4.88. The monoisotopic (exact) mass is 211 g/mol. The van der Waals surface area contributed by atoms with E-state index in [1.165, 1.54) is 11.3 Å². The summed E-state index contributed by atoms with van der Waals surface area (Å²) in [5.74, 6) is 0.704. The van der Waals surface area contributed by atoms with E-state index in [-0.39, 0.29) is 11.2 Å². The van der Waals surface area contributed by atoms with Gasteiger partial charge in [0.25, 0.3) is 0 Å². The van der Waals surface area contributed by atoms with Crippen LogP contribution in [-0.2, 0) is 0 Å². The quantitative estimate of drug-likeness (QED) is 0.714. The van der Waals surface area contributed by atoms with Crippen LogP contribution in [0.3, 0.4) is 0 Å². The number of aromatic nitrogens is 1. The number of hydrogen-bond donors (Lipinski definition) is 0. The molecule has 2 nitrogen and oxygen atoms in total. The van der Waals surface area contributed by atoms with Crippen LogP contribution in [-0.4, -0.2) is 10.8 Å². The summed E-state index contributed by atoms with van der Waals surface area (Å²) in [7, 11) is 0. The minimum Gasteiger partial charge on any atom is -0.291 e. The van der Waals surface area contributed by atoms with E-state index >= 15 is 0 Å². The van der Waals surface area contributed by atoms with E-state index in [4.69, 9.17) is 0 Å². The van der Waals surface area contributed by atoms with Crippen LogP contribution in [0, 0.1) is 11.3 Å². The first-order valence-corrected chi connectivity index (χ1v) is 5.76. The number of nitrogens with zero attached hydrogens (tertiary/aromatic N) is 1. The van der Waals surface area contributed by atoms with Crippen molar-refractivity contribution in [1.82, 2.24) is 4.98 Å². The maximum absolute atomic E-state index is 12.0. The molecule has 1 heterocycles. The molecule has 0 unspecified atom stereocenters. The van der Waals surface area contributed by atoms with Crippen LogP contribution in [0.1, 0.15) is 43.9 Å². The summed E-state index contributed by atoms with van der Waals surface area (Å²) in [5, 5.41) is 2.48. The number of ketones is 1. The zero-order valence-corrected chi connectivity index (χ0v) is 10.0. The van der Waals surface area contributed by atoms with Crippen molar-refractivity contribution in [1.29, 1.82) is 0 Å². The fourth-order valence-corrected chi connectivity index (χ4v) is 2.49. The molecule has 0 fully saturated rings. The average Bonchev–Trinajstić information content (AvgIpc) is 2.51. The van der Waals surface area contributed by atoms with Crippen LogP contribution in [0.2, 0.25) is 0 Å². The van der Waals surface area contributed by atoms with Crippen molar-refractivity contribution in [2.24, 2.45) is 11.3 Å². The fourth-order valence-electron chi connectivity index (χ4n) is 1.74. The lowest BCUT2D eigenvalue weighted by molar-refractivity contribution is 0.0808. The van der Waals surface area contributed by atoms with E-state index in [9.17, 15) is 4.79 Å². The molecule has 0 saturated carbocycles. The first-order chi connectivity index (χ1) is 6.43. The SMILES string of the molecule is CC(C)CC(C)(C)C(=O)c1nccs1. The lowest BCUT2D eigenvalue weighted by Crippen LogP contribution is -2.26. The number of thiazole rings is 1. The summed E-state index contributed by atoms with van der Waals surface area (Å²) in [6.07, 6.45) is 2.59. The molecule has 14 heavy (non-hydrogen) atoms. The second-order valence-corrected chi connectivity index (χ2v) is 5.54.